The molecule has 5 aliphatic carbocycles. The van der Waals surface area contributed by atoms with E-state index in [-0.39, 0.29) is 11.2 Å². The summed E-state index contributed by atoms with van der Waals surface area (Å²) in [6.45, 7) is 2.11. The van der Waals surface area contributed by atoms with Crippen molar-refractivity contribution < 1.29 is 64.2 Å². The summed E-state index contributed by atoms with van der Waals surface area (Å²) in [7, 11) is -21.3. The Morgan fingerprint density at radius 3 is 1.11 bits per heavy atom. The van der Waals surface area contributed by atoms with E-state index in [0.29, 0.717) is 0 Å². The number of hydrogen-bond donors (Lipinski definition) is 0. The maximum atomic E-state index is 9.87. The molecule has 4 aromatic rings. The summed E-state index contributed by atoms with van der Waals surface area (Å²) in [5.74, 6) is 7.16. The molecule has 7 fully saturated rings. The maximum Gasteiger partial charge on any atom is 0.169 e. The van der Waals surface area contributed by atoms with E-state index in [2.05, 4.69) is 92.4 Å². The first-order chi connectivity index (χ1) is 24.7. The fourth-order valence-corrected chi connectivity index (χ4v) is 11.6. The zero-order valence-corrected chi connectivity index (χ0v) is 29.8. The van der Waals surface area contributed by atoms with Gasteiger partial charge in [0.2, 0.25) is 0 Å². The number of aryl methyl sites for hydroxylation is 2. The Labute approximate surface area is 300 Å². The number of nitrogens with zero attached hydrogens (tertiary/aromatic N) is 4. The molecule has 10 atom stereocenters. The first-order valence-electron chi connectivity index (χ1n) is 17.3. The maximum absolute atomic E-state index is 10.7. The molecule has 5 nitrogen and oxygen atoms in total. The molecule has 294 valence electrons. The number of halogens is 12. The summed E-state index contributed by atoms with van der Waals surface area (Å²) in [5.41, 5.74) is 5.23. The van der Waals surface area contributed by atoms with Crippen LogP contribution in [0.15, 0.2) is 98.1 Å². The summed E-state index contributed by atoms with van der Waals surface area (Å²) in [4.78, 5) is 8.32. The van der Waals surface area contributed by atoms with Crippen molar-refractivity contribution in [2.24, 2.45) is 47.3 Å². The van der Waals surface area contributed by atoms with Crippen LogP contribution in [-0.2, 0) is 17.8 Å². The second-order valence-electron chi connectivity index (χ2n) is 15.4. The molecule has 0 N–H and O–H groups in total. The number of ether oxygens (including phenoxy) is 1. The molecule has 0 amide bonds. The molecular weight excluding hydrogens is 782 g/mol. The van der Waals surface area contributed by atoms with Crippen molar-refractivity contribution in [3.05, 3.63) is 98.1 Å². The van der Waals surface area contributed by atoms with Crippen molar-refractivity contribution in [2.75, 3.05) is 0 Å². The van der Waals surface area contributed by atoms with Gasteiger partial charge in [0.15, 0.2) is 37.9 Å². The van der Waals surface area contributed by atoms with Gasteiger partial charge in [-0.3, -0.25) is 9.97 Å². The van der Waals surface area contributed by atoms with Crippen LogP contribution in [0.2, 0.25) is 0 Å². The van der Waals surface area contributed by atoms with Gasteiger partial charge in [0.05, 0.1) is 11.2 Å². The second kappa shape index (κ2) is 10.7. The van der Waals surface area contributed by atoms with Crippen LogP contribution in [0.5, 0.6) is 0 Å². The monoisotopic (exact) mass is 816 g/mol. The largest absolute Gasteiger partial charge is 0.367 e. The van der Waals surface area contributed by atoms with E-state index in [1.54, 1.807) is 0 Å². The SMILES string of the molecule is F[P-](F)(F)(F)(F)F.F[P-](F)(F)(F)(F)F.c1cc(-c2cc[n+](CC[C@@]34O[C@]5(CC[n+]6ccc(-c7ccncc7)cc6)[C@@H]6[C@@H]7C[C@@H]([C@@H]8[C@H]7[C@H]5[C@@H]83)[C@@H]64)cc2)ccn1. The minimum Gasteiger partial charge on any atom is -0.367 e. The predicted molar refractivity (Wildman–Crippen MR) is 175 cm³/mol. The molecule has 0 radical (unpaired) electrons. The van der Waals surface area contributed by atoms with Crippen molar-refractivity contribution >= 4 is 15.6 Å². The fraction of sp³-hybridized carbons (Fsp3) is 0.429. The Morgan fingerprint density at radius 1 is 0.500 bits per heavy atom. The topological polar surface area (TPSA) is 42.8 Å². The van der Waals surface area contributed by atoms with Gasteiger partial charge in [0.1, 0.15) is 0 Å². The molecule has 0 aromatic carbocycles. The summed E-state index contributed by atoms with van der Waals surface area (Å²) < 4.78 is 131. The third-order valence-corrected chi connectivity index (χ3v) is 12.5. The number of hydrogen-bond acceptors (Lipinski definition) is 3. The first-order valence-corrected chi connectivity index (χ1v) is 21.3. The van der Waals surface area contributed by atoms with Gasteiger partial charge in [-0.15, -0.1) is 0 Å². The predicted octanol–water partition coefficient (Wildman–Crippen LogP) is 11.5. The normalized spacial score (nSPS) is 35.6. The van der Waals surface area contributed by atoms with Crippen LogP contribution in [0.3, 0.4) is 0 Å². The Balaban J connectivity index is 0.000000255. The van der Waals surface area contributed by atoms with Crippen molar-refractivity contribution in [2.45, 2.75) is 43.6 Å². The molecule has 0 spiro atoms. The summed E-state index contributed by atoms with van der Waals surface area (Å²) in [5, 5.41) is 0. The number of rotatable bonds is 8. The minimum absolute atomic E-state index is 0.138. The molecule has 19 heteroatoms. The van der Waals surface area contributed by atoms with E-state index in [1.165, 1.54) is 41.5 Å². The van der Waals surface area contributed by atoms with Crippen LogP contribution >= 0.6 is 15.6 Å². The first kappa shape index (κ1) is 37.5. The zero-order valence-electron chi connectivity index (χ0n) is 28.0. The number of aromatic nitrogens is 4. The van der Waals surface area contributed by atoms with Crippen LogP contribution in [0.25, 0.3) is 22.3 Å². The van der Waals surface area contributed by atoms with E-state index in [1.807, 2.05) is 24.8 Å². The molecule has 7 aliphatic rings. The third-order valence-electron chi connectivity index (χ3n) is 12.5. The molecular formula is C35H34F12N4OP2. The van der Waals surface area contributed by atoms with Crippen LogP contribution in [0.1, 0.15) is 19.3 Å². The van der Waals surface area contributed by atoms with Gasteiger partial charge < -0.3 is 4.74 Å². The molecule has 5 saturated carbocycles. The van der Waals surface area contributed by atoms with Gasteiger partial charge in [-0.2, -0.15) is 0 Å². The van der Waals surface area contributed by atoms with Crippen LogP contribution in [0, 0.1) is 47.3 Å². The molecule has 4 bridgehead atoms. The Bertz CT molecular complexity index is 1900. The van der Waals surface area contributed by atoms with Gasteiger partial charge in [-0.1, -0.05) is 0 Å². The van der Waals surface area contributed by atoms with Crippen molar-refractivity contribution in [1.29, 1.82) is 0 Å². The fourth-order valence-electron chi connectivity index (χ4n) is 11.6. The van der Waals surface area contributed by atoms with Gasteiger partial charge >= 0.3 is 66.0 Å². The average Bonchev–Trinajstić information content (AvgIpc) is 3.74. The molecule has 11 rings (SSSR count). The molecule has 2 saturated heterocycles. The molecule has 4 aromatic heterocycles. The minimum atomic E-state index is -10.7. The quantitative estimate of drug-likeness (QED) is 0.101. The van der Waals surface area contributed by atoms with E-state index in [0.717, 1.165) is 60.4 Å². The molecule has 54 heavy (non-hydrogen) atoms. The smallest absolute Gasteiger partial charge is 0.169 e. The van der Waals surface area contributed by atoms with Crippen LogP contribution in [-0.4, -0.2) is 21.2 Å². The average molecular weight is 817 g/mol. The summed E-state index contributed by atoms with van der Waals surface area (Å²) in [6, 6.07) is 17.3. The van der Waals surface area contributed by atoms with Crippen LogP contribution in [0.4, 0.5) is 50.4 Å². The standard InChI is InChI=1S/C35H34N4O.2F6P/c1-11-36-12-2-22(1)24-5-15-38(16-6-24)19-9-34-30-26-21-27-29-28(26)32(34)33(29)35(40-34,31(27)30)10-20-39-17-7-25(8-18-39)23-3-13-37-14-4-23;2*1-7(2,3,4,5)6/h1-8,11-18,26-33H,9-10,19-21H2;;/q+2;2*-1/t26-,27+,28+,29-,30-,31+,32+,33-,34-,35+;;. The van der Waals surface area contributed by atoms with Crippen molar-refractivity contribution in [3.8, 4) is 22.3 Å². The molecule has 6 heterocycles. The van der Waals surface area contributed by atoms with Gasteiger partial charge in [-0.05, 0) is 100 Å². The van der Waals surface area contributed by atoms with Crippen LogP contribution < -0.4 is 9.13 Å². The van der Waals surface area contributed by atoms with E-state index in [4.69, 9.17) is 4.74 Å². The molecule has 2 aliphatic heterocycles. The Hall–Kier alpha value is -3.42. The molecule has 0 unspecified atom stereocenters. The van der Waals surface area contributed by atoms with E-state index >= 15 is 0 Å². The summed E-state index contributed by atoms with van der Waals surface area (Å²) >= 11 is 0. The Morgan fingerprint density at radius 2 is 0.796 bits per heavy atom. The third kappa shape index (κ3) is 7.32. The van der Waals surface area contributed by atoms with Gasteiger partial charge in [0, 0.05) is 61.9 Å². The van der Waals surface area contributed by atoms with Crippen molar-refractivity contribution in [1.82, 2.24) is 9.97 Å². The van der Waals surface area contributed by atoms with Crippen molar-refractivity contribution in [3.63, 3.8) is 0 Å². The van der Waals surface area contributed by atoms with Gasteiger partial charge in [0.25, 0.3) is 0 Å². The zero-order chi connectivity index (χ0) is 38.9. The van der Waals surface area contributed by atoms with E-state index in [9.17, 15) is 50.4 Å². The summed E-state index contributed by atoms with van der Waals surface area (Å²) in [6.07, 6.45) is 20.4. The number of pyridine rings is 4. The van der Waals surface area contributed by atoms with Gasteiger partial charge in [-0.25, -0.2) is 9.13 Å². The Kier molecular flexibility index (Phi) is 7.43. The van der Waals surface area contributed by atoms with E-state index < -0.39 is 15.6 Å². The second-order valence-corrected chi connectivity index (χ2v) is 19.2.